The molecule has 2 aliphatic heterocycles. The van der Waals surface area contributed by atoms with Crippen LogP contribution in [0, 0.1) is 0 Å². The summed E-state index contributed by atoms with van der Waals surface area (Å²) in [5, 5.41) is 13.1. The predicted molar refractivity (Wildman–Crippen MR) is 127 cm³/mol. The number of hydrogen-bond acceptors (Lipinski definition) is 4. The van der Waals surface area contributed by atoms with E-state index in [4.69, 9.17) is 4.74 Å². The third-order valence-corrected chi connectivity index (χ3v) is 10.5. The molecule has 158 valence electrons. The molecule has 1 unspecified atom stereocenters. The van der Waals surface area contributed by atoms with Gasteiger partial charge in [0.25, 0.3) is 0 Å². The number of phenolic OH excluding ortho intramolecular Hbond substituents is 1. The standard InChI is InChI=1S/C26H27NO3Si/c1-6-16-13-21-24(15-22(16)28)31(4,5)23-14-17(27(2)3)11-12-20(23)26(21)19-10-8-7-9-18(19)25(29)30-26/h7-15,28H,6H2,1-5H3. The lowest BCUT2D eigenvalue weighted by atomic mass is 9.78. The first-order valence-corrected chi connectivity index (χ1v) is 13.7. The fourth-order valence-corrected chi connectivity index (χ4v) is 8.42. The SMILES string of the molecule is CCc1cc2c(cc1O)[Si](C)(C)c1cc(N(C)C)ccc1C21OC(=O)c2ccccc21. The Kier molecular flexibility index (Phi) is 4.15. The summed E-state index contributed by atoms with van der Waals surface area (Å²) in [5.74, 6) is 0.0264. The average Bonchev–Trinajstić information content (AvgIpc) is 3.05. The minimum absolute atomic E-state index is 0.295. The Morgan fingerprint density at radius 3 is 2.39 bits per heavy atom. The van der Waals surface area contributed by atoms with Crippen LogP contribution < -0.4 is 15.3 Å². The molecule has 4 nitrogen and oxygen atoms in total. The summed E-state index contributed by atoms with van der Waals surface area (Å²) in [7, 11) is 1.88. The number of carbonyl (C=O) groups is 1. The van der Waals surface area contributed by atoms with Crippen molar-refractivity contribution in [3.8, 4) is 5.75 Å². The molecule has 0 saturated heterocycles. The zero-order chi connectivity index (χ0) is 22.1. The lowest BCUT2D eigenvalue weighted by Crippen LogP contribution is -2.63. The van der Waals surface area contributed by atoms with E-state index in [0.717, 1.165) is 33.1 Å². The summed E-state index contributed by atoms with van der Waals surface area (Å²) >= 11 is 0. The summed E-state index contributed by atoms with van der Waals surface area (Å²) in [6, 6.07) is 18.2. The van der Waals surface area contributed by atoms with Crippen molar-refractivity contribution in [2.45, 2.75) is 32.0 Å². The highest BCUT2D eigenvalue weighted by molar-refractivity contribution is 7.01. The van der Waals surface area contributed by atoms with Crippen LogP contribution in [0.4, 0.5) is 5.69 Å². The number of rotatable bonds is 2. The van der Waals surface area contributed by atoms with Crippen molar-refractivity contribution in [3.05, 3.63) is 82.4 Å². The van der Waals surface area contributed by atoms with Gasteiger partial charge in [-0.05, 0) is 52.7 Å². The number of aryl methyl sites for hydroxylation is 1. The predicted octanol–water partition coefficient (Wildman–Crippen LogP) is 3.62. The first-order valence-electron chi connectivity index (χ1n) is 10.7. The van der Waals surface area contributed by atoms with E-state index in [-0.39, 0.29) is 5.97 Å². The third-order valence-electron chi connectivity index (χ3n) is 7.00. The molecule has 31 heavy (non-hydrogen) atoms. The molecule has 0 aliphatic carbocycles. The number of phenols is 1. The first-order chi connectivity index (χ1) is 14.7. The number of carbonyl (C=O) groups excluding carboxylic acids is 1. The van der Waals surface area contributed by atoms with E-state index in [9.17, 15) is 9.90 Å². The number of hydrogen-bond donors (Lipinski definition) is 1. The number of esters is 1. The van der Waals surface area contributed by atoms with Gasteiger partial charge in [-0.2, -0.15) is 0 Å². The monoisotopic (exact) mass is 429 g/mol. The van der Waals surface area contributed by atoms with Crippen LogP contribution in [0.1, 0.15) is 39.5 Å². The maximum Gasteiger partial charge on any atom is 0.340 e. The Bertz CT molecular complexity index is 1250. The smallest absolute Gasteiger partial charge is 0.340 e. The number of aromatic hydroxyl groups is 1. The van der Waals surface area contributed by atoms with Crippen LogP contribution in [-0.4, -0.2) is 33.2 Å². The van der Waals surface area contributed by atoms with Gasteiger partial charge in [-0.25, -0.2) is 4.79 Å². The largest absolute Gasteiger partial charge is 0.508 e. The molecule has 3 aromatic carbocycles. The topological polar surface area (TPSA) is 49.8 Å². The van der Waals surface area contributed by atoms with Gasteiger partial charge in [-0.1, -0.05) is 44.3 Å². The van der Waals surface area contributed by atoms with Gasteiger partial charge in [0.1, 0.15) is 13.8 Å². The van der Waals surface area contributed by atoms with Crippen molar-refractivity contribution in [1.82, 2.24) is 0 Å². The van der Waals surface area contributed by atoms with E-state index < -0.39 is 13.7 Å². The number of benzene rings is 3. The molecule has 0 saturated carbocycles. The van der Waals surface area contributed by atoms with E-state index in [1.165, 1.54) is 5.19 Å². The highest BCUT2D eigenvalue weighted by Gasteiger charge is 2.56. The molecule has 1 atom stereocenters. The second kappa shape index (κ2) is 6.47. The molecule has 0 amide bonds. The van der Waals surface area contributed by atoms with Crippen LogP contribution in [0.3, 0.4) is 0 Å². The highest BCUT2D eigenvalue weighted by Crippen LogP contribution is 2.49. The molecule has 3 aromatic rings. The fraction of sp³-hybridized carbons (Fsp3) is 0.269. The fourth-order valence-electron chi connectivity index (χ4n) is 5.27. The van der Waals surface area contributed by atoms with Crippen molar-refractivity contribution >= 4 is 30.1 Å². The molecule has 1 N–H and O–H groups in total. The average molecular weight is 430 g/mol. The van der Waals surface area contributed by atoms with Crippen LogP contribution in [0.15, 0.2) is 54.6 Å². The van der Waals surface area contributed by atoms with Crippen LogP contribution in [-0.2, 0) is 16.8 Å². The summed E-state index contributed by atoms with van der Waals surface area (Å²) in [5.41, 5.74) is 4.56. The maximum absolute atomic E-state index is 13.0. The van der Waals surface area contributed by atoms with Crippen LogP contribution in [0.25, 0.3) is 0 Å². The molecule has 5 rings (SSSR count). The van der Waals surface area contributed by atoms with Gasteiger partial charge in [-0.15, -0.1) is 0 Å². The molecule has 0 radical (unpaired) electrons. The Balaban J connectivity index is 1.95. The van der Waals surface area contributed by atoms with Crippen molar-refractivity contribution in [1.29, 1.82) is 0 Å². The van der Waals surface area contributed by atoms with E-state index in [1.54, 1.807) is 0 Å². The zero-order valence-electron chi connectivity index (χ0n) is 18.6. The first kappa shape index (κ1) is 19.9. The summed E-state index contributed by atoms with van der Waals surface area (Å²) in [4.78, 5) is 15.1. The minimum Gasteiger partial charge on any atom is -0.508 e. The van der Waals surface area contributed by atoms with Gasteiger partial charge in [-0.3, -0.25) is 0 Å². The van der Waals surface area contributed by atoms with E-state index >= 15 is 0 Å². The van der Waals surface area contributed by atoms with Gasteiger partial charge in [0.15, 0.2) is 5.60 Å². The van der Waals surface area contributed by atoms with Gasteiger partial charge in [0.05, 0.1) is 5.56 Å². The van der Waals surface area contributed by atoms with Crippen molar-refractivity contribution < 1.29 is 14.6 Å². The van der Waals surface area contributed by atoms with E-state index in [0.29, 0.717) is 17.7 Å². The Morgan fingerprint density at radius 1 is 0.968 bits per heavy atom. The van der Waals surface area contributed by atoms with Crippen molar-refractivity contribution in [2.24, 2.45) is 0 Å². The molecular weight excluding hydrogens is 402 g/mol. The number of ether oxygens (including phenoxy) is 1. The Labute approximate surface area is 184 Å². The van der Waals surface area contributed by atoms with E-state index in [1.807, 2.05) is 51.4 Å². The van der Waals surface area contributed by atoms with Crippen LogP contribution in [0.2, 0.25) is 13.1 Å². The summed E-state index contributed by atoms with van der Waals surface area (Å²) in [6.07, 6.45) is 0.708. The van der Waals surface area contributed by atoms with Crippen LogP contribution in [0.5, 0.6) is 5.75 Å². The second-order valence-electron chi connectivity index (χ2n) is 9.25. The number of fused-ring (bicyclic) bond motifs is 6. The molecule has 0 fully saturated rings. The lowest BCUT2D eigenvalue weighted by Gasteiger charge is -2.44. The van der Waals surface area contributed by atoms with Crippen LogP contribution >= 0.6 is 0 Å². The highest BCUT2D eigenvalue weighted by atomic mass is 28.3. The molecule has 0 aromatic heterocycles. The van der Waals surface area contributed by atoms with E-state index in [2.05, 4.69) is 42.3 Å². The lowest BCUT2D eigenvalue weighted by molar-refractivity contribution is 0.0255. The molecule has 2 aliphatic rings. The third kappa shape index (κ3) is 2.50. The van der Waals surface area contributed by atoms with Crippen molar-refractivity contribution in [2.75, 3.05) is 19.0 Å². The zero-order valence-corrected chi connectivity index (χ0v) is 19.6. The number of nitrogens with zero attached hydrogens (tertiary/aromatic N) is 1. The Morgan fingerprint density at radius 2 is 1.68 bits per heavy atom. The van der Waals surface area contributed by atoms with Gasteiger partial charge in [0, 0.05) is 36.5 Å². The maximum atomic E-state index is 13.0. The molecular formula is C26H27NO3Si. The quantitative estimate of drug-likeness (QED) is 0.499. The van der Waals surface area contributed by atoms with Gasteiger partial charge >= 0.3 is 5.97 Å². The van der Waals surface area contributed by atoms with Crippen molar-refractivity contribution in [3.63, 3.8) is 0 Å². The minimum atomic E-state index is -2.19. The molecule has 5 heteroatoms. The summed E-state index contributed by atoms with van der Waals surface area (Å²) in [6.45, 7) is 6.65. The summed E-state index contributed by atoms with van der Waals surface area (Å²) < 4.78 is 6.33. The Hall–Kier alpha value is -3.05. The molecule has 2 heterocycles. The number of anilines is 1. The normalized spacial score (nSPS) is 20.1. The molecule has 0 bridgehead atoms. The molecule has 1 spiro atoms. The second-order valence-corrected chi connectivity index (χ2v) is 13.6. The van der Waals surface area contributed by atoms with Gasteiger partial charge < -0.3 is 14.7 Å². The van der Waals surface area contributed by atoms with Gasteiger partial charge in [0.2, 0.25) is 0 Å².